The number of ether oxygens (including phenoxy) is 2. The Labute approximate surface area is 183 Å². The predicted octanol–water partition coefficient (Wildman–Crippen LogP) is 5.05. The van der Waals surface area contributed by atoms with Crippen molar-refractivity contribution < 1.29 is 17.9 Å². The Morgan fingerprint density at radius 2 is 1.61 bits per heavy atom. The number of hydrogen-bond donors (Lipinski definition) is 0. The Hall–Kier alpha value is -3.56. The van der Waals surface area contributed by atoms with E-state index >= 15 is 0 Å². The van der Waals surface area contributed by atoms with Gasteiger partial charge in [-0.3, -0.25) is 0 Å². The van der Waals surface area contributed by atoms with Crippen molar-refractivity contribution in [2.75, 3.05) is 13.2 Å². The van der Waals surface area contributed by atoms with E-state index in [1.807, 2.05) is 43.3 Å². The minimum Gasteiger partial charge on any atom is -0.490 e. The highest BCUT2D eigenvalue weighted by Gasteiger charge is 2.20. The highest BCUT2D eigenvalue weighted by atomic mass is 32.2. The average Bonchev–Trinajstić information content (AvgIpc) is 2.80. The molecule has 0 amide bonds. The van der Waals surface area contributed by atoms with Gasteiger partial charge in [0.05, 0.1) is 18.1 Å². The van der Waals surface area contributed by atoms with Crippen molar-refractivity contribution >= 4 is 15.9 Å². The van der Waals surface area contributed by atoms with Crippen LogP contribution in [0.3, 0.4) is 0 Å². The zero-order valence-electron chi connectivity index (χ0n) is 17.2. The number of rotatable bonds is 9. The molecule has 0 aliphatic heterocycles. The number of allylic oxidation sites excluding steroid dienone is 1. The Morgan fingerprint density at radius 3 is 2.26 bits per heavy atom. The first-order valence-corrected chi connectivity index (χ1v) is 11.4. The van der Waals surface area contributed by atoms with Crippen LogP contribution in [0.15, 0.2) is 88.7 Å². The van der Waals surface area contributed by atoms with Gasteiger partial charge in [-0.05, 0) is 48.4 Å². The van der Waals surface area contributed by atoms with Gasteiger partial charge in [0.2, 0.25) is 9.84 Å². The van der Waals surface area contributed by atoms with Crippen molar-refractivity contribution in [2.24, 2.45) is 0 Å². The molecule has 3 aromatic rings. The summed E-state index contributed by atoms with van der Waals surface area (Å²) >= 11 is 0. The molecule has 0 bridgehead atoms. The molecule has 3 rings (SSSR count). The zero-order valence-corrected chi connectivity index (χ0v) is 18.0. The van der Waals surface area contributed by atoms with E-state index in [1.165, 1.54) is 23.8 Å². The van der Waals surface area contributed by atoms with Gasteiger partial charge in [0, 0.05) is 6.42 Å². The molecule has 0 aromatic heterocycles. The lowest BCUT2D eigenvalue weighted by molar-refractivity contribution is 0.279. The molecular weight excluding hydrogens is 410 g/mol. The van der Waals surface area contributed by atoms with Crippen molar-refractivity contribution in [1.82, 2.24) is 0 Å². The van der Waals surface area contributed by atoms with E-state index in [-0.39, 0.29) is 9.80 Å². The third kappa shape index (κ3) is 5.74. The fraction of sp³-hybridized carbons (Fsp3) is 0.160. The molecular formula is C25H23NO4S. The maximum atomic E-state index is 12.8. The predicted molar refractivity (Wildman–Crippen MR) is 120 cm³/mol. The zero-order chi connectivity index (χ0) is 22.1. The summed E-state index contributed by atoms with van der Waals surface area (Å²) in [6.45, 7) is 2.76. The summed E-state index contributed by atoms with van der Waals surface area (Å²) in [6, 6.07) is 24.8. The molecule has 5 nitrogen and oxygen atoms in total. The Morgan fingerprint density at radius 1 is 0.935 bits per heavy atom. The molecule has 0 atom stereocenters. The molecule has 6 heteroatoms. The number of nitriles is 1. The van der Waals surface area contributed by atoms with Crippen molar-refractivity contribution in [1.29, 1.82) is 5.26 Å². The van der Waals surface area contributed by atoms with Crippen LogP contribution in [0.5, 0.6) is 11.5 Å². The molecule has 31 heavy (non-hydrogen) atoms. The number of benzene rings is 3. The van der Waals surface area contributed by atoms with Crippen LogP contribution in [0.1, 0.15) is 18.1 Å². The first-order valence-electron chi connectivity index (χ1n) is 9.90. The molecule has 0 spiro atoms. The van der Waals surface area contributed by atoms with E-state index in [0.717, 1.165) is 6.42 Å². The summed E-state index contributed by atoms with van der Waals surface area (Å²) in [4.78, 5) is -0.257. The lowest BCUT2D eigenvalue weighted by Crippen LogP contribution is -2.04. The second kappa shape index (κ2) is 10.5. The first-order chi connectivity index (χ1) is 15.0. The van der Waals surface area contributed by atoms with Crippen LogP contribution in [0.2, 0.25) is 0 Å². The SMILES string of the molecule is CCOc1cc(C=C(C#N)S(=O)(=O)c2ccccc2)ccc1OCCc1ccccc1. The van der Waals surface area contributed by atoms with Crippen molar-refractivity contribution in [3.05, 3.63) is 94.9 Å². The maximum absolute atomic E-state index is 12.8. The monoisotopic (exact) mass is 433 g/mol. The topological polar surface area (TPSA) is 76.4 Å². The Bertz CT molecular complexity index is 1180. The Kier molecular flexibility index (Phi) is 7.47. The highest BCUT2D eigenvalue weighted by Crippen LogP contribution is 2.30. The highest BCUT2D eigenvalue weighted by molar-refractivity contribution is 7.95. The Balaban J connectivity index is 1.83. The first kappa shape index (κ1) is 22.1. The van der Waals surface area contributed by atoms with Crippen LogP contribution in [-0.2, 0) is 16.3 Å². The van der Waals surface area contributed by atoms with Crippen molar-refractivity contribution in [3.8, 4) is 17.6 Å². The molecule has 0 radical (unpaired) electrons. The summed E-state index contributed by atoms with van der Waals surface area (Å²) in [5.41, 5.74) is 1.71. The molecule has 0 unspecified atom stereocenters. The molecule has 0 saturated heterocycles. The third-order valence-electron chi connectivity index (χ3n) is 4.51. The largest absolute Gasteiger partial charge is 0.490 e. The summed E-state index contributed by atoms with van der Waals surface area (Å²) < 4.78 is 37.1. The molecule has 0 aliphatic rings. The lowest BCUT2D eigenvalue weighted by atomic mass is 10.1. The van der Waals surface area contributed by atoms with Gasteiger partial charge >= 0.3 is 0 Å². The van der Waals surface area contributed by atoms with Crippen molar-refractivity contribution in [3.63, 3.8) is 0 Å². The molecule has 0 heterocycles. The van der Waals surface area contributed by atoms with Gasteiger partial charge in [-0.2, -0.15) is 5.26 Å². The molecule has 158 valence electrons. The minimum atomic E-state index is -3.90. The number of sulfone groups is 1. The van der Waals surface area contributed by atoms with E-state index in [0.29, 0.717) is 30.3 Å². The van der Waals surface area contributed by atoms with Crippen LogP contribution in [0.4, 0.5) is 0 Å². The van der Waals surface area contributed by atoms with Crippen LogP contribution in [-0.4, -0.2) is 21.6 Å². The fourth-order valence-electron chi connectivity index (χ4n) is 2.97. The molecule has 0 saturated carbocycles. The molecule has 0 fully saturated rings. The lowest BCUT2D eigenvalue weighted by Gasteiger charge is -2.13. The number of nitrogens with zero attached hydrogens (tertiary/aromatic N) is 1. The summed E-state index contributed by atoms with van der Waals surface area (Å²) in [5.74, 6) is 1.07. The number of hydrogen-bond acceptors (Lipinski definition) is 5. The molecule has 0 aliphatic carbocycles. The van der Waals surface area contributed by atoms with Gasteiger partial charge in [0.1, 0.15) is 11.0 Å². The minimum absolute atomic E-state index is 0.0775. The third-order valence-corrected chi connectivity index (χ3v) is 6.19. The van der Waals surface area contributed by atoms with E-state index in [4.69, 9.17) is 9.47 Å². The van der Waals surface area contributed by atoms with Crippen molar-refractivity contribution in [2.45, 2.75) is 18.2 Å². The summed E-state index contributed by atoms with van der Waals surface area (Å²) in [7, 11) is -3.90. The quantitative estimate of drug-likeness (QED) is 0.442. The maximum Gasteiger partial charge on any atom is 0.216 e. The van der Waals surface area contributed by atoms with E-state index in [1.54, 1.807) is 36.4 Å². The summed E-state index contributed by atoms with van der Waals surface area (Å²) in [5, 5.41) is 9.48. The second-order valence-electron chi connectivity index (χ2n) is 6.66. The molecule has 3 aromatic carbocycles. The van der Waals surface area contributed by atoms with Gasteiger partial charge in [-0.25, -0.2) is 8.42 Å². The van der Waals surface area contributed by atoms with E-state index in [9.17, 15) is 13.7 Å². The fourth-order valence-corrected chi connectivity index (χ4v) is 4.15. The van der Waals surface area contributed by atoms with Crippen LogP contribution in [0, 0.1) is 11.3 Å². The normalized spacial score (nSPS) is 11.5. The summed E-state index contributed by atoms with van der Waals surface area (Å²) in [6.07, 6.45) is 2.10. The van der Waals surface area contributed by atoms with Crippen LogP contribution >= 0.6 is 0 Å². The van der Waals surface area contributed by atoms with E-state index < -0.39 is 9.84 Å². The molecule has 0 N–H and O–H groups in total. The van der Waals surface area contributed by atoms with Gasteiger partial charge in [-0.15, -0.1) is 0 Å². The smallest absolute Gasteiger partial charge is 0.216 e. The van der Waals surface area contributed by atoms with Gasteiger partial charge in [0.15, 0.2) is 11.5 Å². The van der Waals surface area contributed by atoms with Gasteiger partial charge in [-0.1, -0.05) is 54.6 Å². The van der Waals surface area contributed by atoms with Gasteiger partial charge in [0.25, 0.3) is 0 Å². The van der Waals surface area contributed by atoms with E-state index in [2.05, 4.69) is 0 Å². The second-order valence-corrected chi connectivity index (χ2v) is 8.58. The van der Waals surface area contributed by atoms with Crippen LogP contribution in [0.25, 0.3) is 6.08 Å². The van der Waals surface area contributed by atoms with Crippen LogP contribution < -0.4 is 9.47 Å². The van der Waals surface area contributed by atoms with Gasteiger partial charge < -0.3 is 9.47 Å². The average molecular weight is 434 g/mol. The standard InChI is InChI=1S/C25H23NO4S/c1-2-29-25-18-21(13-14-24(25)30-16-15-20-9-5-3-6-10-20)17-23(19-26)31(27,28)22-11-7-4-8-12-22/h3-14,17-18H,2,15-16H2,1H3.